The second kappa shape index (κ2) is 9.15. The summed E-state index contributed by atoms with van der Waals surface area (Å²) in [7, 11) is 1.68. The fourth-order valence-electron chi connectivity index (χ4n) is 1.77. The van der Waals surface area contributed by atoms with E-state index in [0.29, 0.717) is 11.3 Å². The Morgan fingerprint density at radius 1 is 1.29 bits per heavy atom. The third-order valence-corrected chi connectivity index (χ3v) is 2.98. The second-order valence-corrected chi connectivity index (χ2v) is 4.15. The molecular formula is C15H29N5O. The number of hydrogen-bond donors (Lipinski definition) is 2. The van der Waals surface area contributed by atoms with Gasteiger partial charge in [0, 0.05) is 7.05 Å². The number of aromatic nitrogens is 4. The van der Waals surface area contributed by atoms with Gasteiger partial charge in [-0.2, -0.15) is 5.10 Å². The van der Waals surface area contributed by atoms with E-state index in [0.717, 1.165) is 17.8 Å². The number of nitrogens with one attached hydrogen (secondary N) is 2. The maximum Gasteiger partial charge on any atom is 0.291 e. The number of H-pyrrole nitrogens is 1. The monoisotopic (exact) mass is 295 g/mol. The van der Waals surface area contributed by atoms with Crippen LogP contribution in [0.3, 0.4) is 0 Å². The van der Waals surface area contributed by atoms with Crippen LogP contribution >= 0.6 is 0 Å². The lowest BCUT2D eigenvalue weighted by Gasteiger charge is -2.09. The van der Waals surface area contributed by atoms with E-state index < -0.39 is 0 Å². The number of aromatic amines is 1. The van der Waals surface area contributed by atoms with Crippen molar-refractivity contribution < 1.29 is 0 Å². The molecule has 0 amide bonds. The summed E-state index contributed by atoms with van der Waals surface area (Å²) in [5, 5.41) is 7.22. The zero-order chi connectivity index (χ0) is 16.6. The van der Waals surface area contributed by atoms with Gasteiger partial charge in [0.05, 0.1) is 11.7 Å². The predicted molar refractivity (Wildman–Crippen MR) is 90.1 cm³/mol. The predicted octanol–water partition coefficient (Wildman–Crippen LogP) is 3.49. The molecule has 0 saturated heterocycles. The van der Waals surface area contributed by atoms with Gasteiger partial charge in [0.15, 0.2) is 11.5 Å². The Balaban J connectivity index is 0.000000921. The molecule has 2 heterocycles. The summed E-state index contributed by atoms with van der Waals surface area (Å²) >= 11 is 0. The van der Waals surface area contributed by atoms with Gasteiger partial charge in [-0.25, -0.2) is 9.67 Å². The van der Waals surface area contributed by atoms with Gasteiger partial charge >= 0.3 is 0 Å². The summed E-state index contributed by atoms with van der Waals surface area (Å²) in [6, 6.07) is 0.259. The molecule has 1 atom stereocenters. The maximum absolute atomic E-state index is 11.6. The van der Waals surface area contributed by atoms with Crippen molar-refractivity contribution in [2.45, 2.75) is 60.9 Å². The summed E-state index contributed by atoms with van der Waals surface area (Å²) in [5.74, 6) is 0.321. The molecule has 0 aromatic carbocycles. The fourth-order valence-corrected chi connectivity index (χ4v) is 1.77. The summed E-state index contributed by atoms with van der Waals surface area (Å²) < 4.78 is 1.86. The number of fused-ring (bicyclic) bond motifs is 1. The highest BCUT2D eigenvalue weighted by molar-refractivity contribution is 5.74. The number of nitrogens with zero attached hydrogens (tertiary/aromatic N) is 3. The summed E-state index contributed by atoms with van der Waals surface area (Å²) in [5.41, 5.74) is 2.02. The molecule has 0 fully saturated rings. The van der Waals surface area contributed by atoms with E-state index in [9.17, 15) is 4.79 Å². The van der Waals surface area contributed by atoms with Crippen LogP contribution in [0, 0.1) is 6.92 Å². The Kier molecular flexibility index (Phi) is 8.35. The smallest absolute Gasteiger partial charge is 0.291 e. The Morgan fingerprint density at radius 2 is 1.86 bits per heavy atom. The van der Waals surface area contributed by atoms with Crippen LogP contribution < -0.4 is 10.9 Å². The van der Waals surface area contributed by atoms with E-state index in [1.807, 2.05) is 39.3 Å². The molecule has 120 valence electrons. The van der Waals surface area contributed by atoms with Gasteiger partial charge < -0.3 is 10.3 Å². The van der Waals surface area contributed by atoms with Gasteiger partial charge in [0.25, 0.3) is 5.56 Å². The highest BCUT2D eigenvalue weighted by Crippen LogP contribution is 2.19. The van der Waals surface area contributed by atoms with E-state index in [4.69, 9.17) is 0 Å². The zero-order valence-electron chi connectivity index (χ0n) is 14.5. The minimum atomic E-state index is -0.216. The lowest BCUT2D eigenvalue weighted by Crippen LogP contribution is -2.15. The van der Waals surface area contributed by atoms with Crippen molar-refractivity contribution in [2.75, 3.05) is 12.4 Å². The van der Waals surface area contributed by atoms with E-state index >= 15 is 0 Å². The molecule has 0 spiro atoms. The zero-order valence-corrected chi connectivity index (χ0v) is 14.5. The van der Waals surface area contributed by atoms with Gasteiger partial charge in [-0.05, 0) is 20.3 Å². The van der Waals surface area contributed by atoms with Crippen LogP contribution in [0.2, 0.25) is 0 Å². The van der Waals surface area contributed by atoms with Gasteiger partial charge in [0.1, 0.15) is 5.52 Å². The molecule has 2 rings (SSSR count). The molecule has 0 radical (unpaired) electrons. The molecule has 6 heteroatoms. The Morgan fingerprint density at radius 3 is 2.33 bits per heavy atom. The first-order valence-electron chi connectivity index (χ1n) is 7.75. The molecule has 0 aliphatic carbocycles. The van der Waals surface area contributed by atoms with Crippen molar-refractivity contribution in [1.29, 1.82) is 0 Å². The Hall–Kier alpha value is -1.85. The first-order valence-corrected chi connectivity index (χ1v) is 7.75. The molecule has 2 aromatic heterocycles. The third kappa shape index (κ3) is 4.06. The minimum absolute atomic E-state index is 0.216. The number of aryl methyl sites for hydroxylation is 1. The summed E-state index contributed by atoms with van der Waals surface area (Å²) in [4.78, 5) is 18.8. The number of anilines is 1. The molecule has 2 N–H and O–H groups in total. The van der Waals surface area contributed by atoms with E-state index in [1.54, 1.807) is 7.05 Å². The van der Waals surface area contributed by atoms with Crippen molar-refractivity contribution in [3.8, 4) is 0 Å². The number of hydrogen-bond acceptors (Lipinski definition) is 4. The molecule has 0 aliphatic heterocycles. The van der Waals surface area contributed by atoms with Crippen molar-refractivity contribution >= 4 is 17.0 Å². The number of rotatable bonds is 3. The van der Waals surface area contributed by atoms with E-state index in [-0.39, 0.29) is 11.6 Å². The lowest BCUT2D eigenvalue weighted by atomic mass is 10.3. The third-order valence-electron chi connectivity index (χ3n) is 2.98. The van der Waals surface area contributed by atoms with Crippen LogP contribution in [0.15, 0.2) is 4.79 Å². The van der Waals surface area contributed by atoms with Crippen LogP contribution in [0.25, 0.3) is 11.2 Å². The minimum Gasteiger partial charge on any atom is -0.368 e. The average Bonchev–Trinajstić information content (AvgIpc) is 2.86. The fraction of sp³-hybridized carbons (Fsp3) is 0.667. The normalized spacial score (nSPS) is 11.0. The molecule has 6 nitrogen and oxygen atoms in total. The van der Waals surface area contributed by atoms with Gasteiger partial charge in [0.2, 0.25) is 0 Å². The average molecular weight is 295 g/mol. The molecule has 0 bridgehead atoms. The van der Waals surface area contributed by atoms with Crippen molar-refractivity contribution in [3.05, 3.63) is 16.0 Å². The second-order valence-electron chi connectivity index (χ2n) is 4.15. The van der Waals surface area contributed by atoms with E-state index in [1.165, 1.54) is 0 Å². The van der Waals surface area contributed by atoms with Crippen molar-refractivity contribution in [1.82, 2.24) is 19.7 Å². The molecule has 2 aromatic rings. The van der Waals surface area contributed by atoms with Crippen molar-refractivity contribution in [3.63, 3.8) is 0 Å². The van der Waals surface area contributed by atoms with Gasteiger partial charge in [-0.1, -0.05) is 34.6 Å². The highest BCUT2D eigenvalue weighted by Gasteiger charge is 2.15. The van der Waals surface area contributed by atoms with Gasteiger partial charge in [-0.3, -0.25) is 4.79 Å². The van der Waals surface area contributed by atoms with E-state index in [2.05, 4.69) is 34.2 Å². The highest BCUT2D eigenvalue weighted by atomic mass is 16.1. The van der Waals surface area contributed by atoms with Crippen LogP contribution in [-0.4, -0.2) is 26.8 Å². The summed E-state index contributed by atoms with van der Waals surface area (Å²) in [6.07, 6.45) is 0.964. The molecule has 0 saturated carbocycles. The quantitative estimate of drug-likeness (QED) is 0.908. The largest absolute Gasteiger partial charge is 0.368 e. The molecular weight excluding hydrogens is 266 g/mol. The van der Waals surface area contributed by atoms with Crippen LogP contribution in [-0.2, 0) is 0 Å². The standard InChI is InChI=1S/C11H17N5O.2C2H6/c1-5-6(2)16-10-8(7(3)15-16)13-11(17)9(12-4)14-10;2*1-2/h6H,5H2,1-4H3,(H,12,14)(H,13,17);2*1-2H3. The van der Waals surface area contributed by atoms with Gasteiger partial charge in [-0.15, -0.1) is 0 Å². The van der Waals surface area contributed by atoms with Crippen molar-refractivity contribution in [2.24, 2.45) is 0 Å². The topological polar surface area (TPSA) is 75.6 Å². The van der Waals surface area contributed by atoms with Crippen LogP contribution in [0.1, 0.15) is 59.7 Å². The Labute approximate surface area is 127 Å². The van der Waals surface area contributed by atoms with Crippen LogP contribution in [0.4, 0.5) is 5.82 Å². The first-order chi connectivity index (χ1) is 10.1. The Bertz CT molecular complexity index is 600. The molecule has 21 heavy (non-hydrogen) atoms. The lowest BCUT2D eigenvalue weighted by molar-refractivity contribution is 0.487. The SMILES string of the molecule is CC.CC.CCC(C)n1nc(C)c2[nH]c(=O)c(NC)nc21. The van der Waals surface area contributed by atoms with Crippen LogP contribution in [0.5, 0.6) is 0 Å². The molecule has 1 unspecified atom stereocenters. The molecule has 0 aliphatic rings. The first kappa shape index (κ1) is 19.1. The maximum atomic E-state index is 11.6. The summed E-state index contributed by atoms with van der Waals surface area (Å²) in [6.45, 7) is 14.0.